The van der Waals surface area contributed by atoms with Gasteiger partial charge in [0.15, 0.2) is 0 Å². The molecule has 0 N–H and O–H groups in total. The zero-order valence-corrected chi connectivity index (χ0v) is 17.6. The molecule has 3 saturated heterocycles. The first-order valence-corrected chi connectivity index (χ1v) is 10.5. The maximum atomic E-state index is 14.1. The molecule has 1 amide bonds. The van der Waals surface area contributed by atoms with Crippen LogP contribution >= 0.6 is 0 Å². The Morgan fingerprint density at radius 1 is 1.00 bits per heavy atom. The number of piperidine rings is 1. The van der Waals surface area contributed by atoms with E-state index in [4.69, 9.17) is 0 Å². The highest BCUT2D eigenvalue weighted by molar-refractivity contribution is 5.98. The van der Waals surface area contributed by atoms with Gasteiger partial charge < -0.3 is 9.80 Å². The Balaban J connectivity index is 1.46. The summed E-state index contributed by atoms with van der Waals surface area (Å²) in [6.45, 7) is 6.04. The van der Waals surface area contributed by atoms with E-state index in [-0.39, 0.29) is 17.5 Å². The number of hydrogen-bond acceptors (Lipinski definition) is 6. The van der Waals surface area contributed by atoms with E-state index in [0.29, 0.717) is 24.7 Å². The van der Waals surface area contributed by atoms with Gasteiger partial charge in [-0.05, 0) is 56.9 Å². The largest absolute Gasteiger partial charge is 0.338 e. The average Bonchev–Trinajstić information content (AvgIpc) is 3.11. The molecular formula is C22H24FN7O. The fraction of sp³-hybridized carbons (Fsp3) is 0.409. The first-order chi connectivity index (χ1) is 15.0. The van der Waals surface area contributed by atoms with Crippen LogP contribution in [0.4, 0.5) is 10.3 Å². The fourth-order valence-corrected chi connectivity index (χ4v) is 4.69. The van der Waals surface area contributed by atoms with Crippen LogP contribution in [-0.4, -0.2) is 61.4 Å². The number of hydrogen-bond donors (Lipinski definition) is 0. The first kappa shape index (κ1) is 19.6. The number of anilines is 1. The van der Waals surface area contributed by atoms with Crippen LogP contribution in [0, 0.1) is 25.6 Å². The zero-order valence-electron chi connectivity index (χ0n) is 17.6. The van der Waals surface area contributed by atoms with Crippen LogP contribution in [-0.2, 0) is 0 Å². The van der Waals surface area contributed by atoms with E-state index < -0.39 is 5.82 Å². The van der Waals surface area contributed by atoms with Gasteiger partial charge >= 0.3 is 0 Å². The lowest BCUT2D eigenvalue weighted by molar-refractivity contribution is 0.0591. The van der Waals surface area contributed by atoms with Crippen molar-refractivity contribution in [1.29, 1.82) is 0 Å². The van der Waals surface area contributed by atoms with Crippen molar-refractivity contribution in [3.63, 3.8) is 0 Å². The third kappa shape index (κ3) is 3.75. The minimum Gasteiger partial charge on any atom is -0.338 e. The van der Waals surface area contributed by atoms with Gasteiger partial charge in [-0.25, -0.2) is 14.4 Å². The van der Waals surface area contributed by atoms with Crippen LogP contribution < -0.4 is 4.90 Å². The molecule has 9 heteroatoms. The van der Waals surface area contributed by atoms with Crippen LogP contribution in [0.5, 0.6) is 0 Å². The SMILES string of the molecule is Cc1cc(C)nc(N2CC3CCC(C2)N(C(=O)c2cc(F)ccc2-n2nccn2)C3)n1. The predicted molar refractivity (Wildman–Crippen MR) is 113 cm³/mol. The van der Waals surface area contributed by atoms with E-state index >= 15 is 0 Å². The maximum Gasteiger partial charge on any atom is 0.256 e. The molecule has 2 aromatic heterocycles. The van der Waals surface area contributed by atoms with Crippen molar-refractivity contribution in [1.82, 2.24) is 29.9 Å². The first-order valence-electron chi connectivity index (χ1n) is 10.5. The van der Waals surface area contributed by atoms with Crippen molar-refractivity contribution in [2.24, 2.45) is 5.92 Å². The normalized spacial score (nSPS) is 20.7. The Morgan fingerprint density at radius 3 is 2.48 bits per heavy atom. The molecule has 31 heavy (non-hydrogen) atoms. The molecule has 3 aromatic rings. The number of aryl methyl sites for hydroxylation is 2. The van der Waals surface area contributed by atoms with E-state index in [0.717, 1.165) is 36.7 Å². The molecule has 6 rings (SSSR count). The van der Waals surface area contributed by atoms with Gasteiger partial charge in [0.05, 0.1) is 23.6 Å². The molecule has 3 aliphatic heterocycles. The molecule has 8 nitrogen and oxygen atoms in total. The lowest BCUT2D eigenvalue weighted by atomic mass is 9.94. The molecule has 1 aromatic carbocycles. The third-order valence-electron chi connectivity index (χ3n) is 6.05. The number of carbonyl (C=O) groups excluding carboxylic acids is 1. The van der Waals surface area contributed by atoms with Crippen LogP contribution in [0.3, 0.4) is 0 Å². The summed E-state index contributed by atoms with van der Waals surface area (Å²) in [6, 6.07) is 6.12. The van der Waals surface area contributed by atoms with Crippen molar-refractivity contribution in [2.75, 3.05) is 24.5 Å². The number of halogens is 1. The highest BCUT2D eigenvalue weighted by Gasteiger charge is 2.39. The van der Waals surface area contributed by atoms with Crippen LogP contribution in [0.1, 0.15) is 34.6 Å². The highest BCUT2D eigenvalue weighted by Crippen LogP contribution is 2.31. The lowest BCUT2D eigenvalue weighted by Crippen LogP contribution is -2.47. The topological polar surface area (TPSA) is 80.0 Å². The summed E-state index contributed by atoms with van der Waals surface area (Å²) in [7, 11) is 0. The van der Waals surface area contributed by atoms with Crippen molar-refractivity contribution < 1.29 is 9.18 Å². The van der Waals surface area contributed by atoms with E-state index in [1.54, 1.807) is 6.07 Å². The number of fused-ring (bicyclic) bond motifs is 4. The Kier molecular flexibility index (Phi) is 4.88. The molecule has 3 fully saturated rings. The molecule has 2 atom stereocenters. The van der Waals surface area contributed by atoms with Crippen LogP contribution in [0.2, 0.25) is 0 Å². The molecule has 3 aliphatic rings. The number of amides is 1. The average molecular weight is 421 g/mol. The Hall–Kier alpha value is -3.36. The zero-order chi connectivity index (χ0) is 21.5. The molecule has 160 valence electrons. The van der Waals surface area contributed by atoms with Gasteiger partial charge in [0.2, 0.25) is 5.95 Å². The van der Waals surface area contributed by atoms with Crippen molar-refractivity contribution >= 4 is 11.9 Å². The molecule has 2 unspecified atom stereocenters. The minimum absolute atomic E-state index is 0.0115. The third-order valence-corrected chi connectivity index (χ3v) is 6.05. The molecular weight excluding hydrogens is 397 g/mol. The standard InChI is InChI=1S/C22H24FN7O/c1-14-9-15(2)27-22(26-14)28-11-16-3-5-18(13-28)29(12-16)21(31)19-10-17(23)4-6-20(19)30-24-7-8-25-30/h4,6-10,16,18H,3,5,11-13H2,1-2H3. The fourth-order valence-electron chi connectivity index (χ4n) is 4.69. The van der Waals surface area contributed by atoms with Gasteiger partial charge in [-0.2, -0.15) is 15.0 Å². The second-order valence-corrected chi connectivity index (χ2v) is 8.39. The Morgan fingerprint density at radius 2 is 1.74 bits per heavy atom. The molecule has 0 radical (unpaired) electrons. The summed E-state index contributed by atoms with van der Waals surface area (Å²) < 4.78 is 14.1. The molecule has 2 bridgehead atoms. The van der Waals surface area contributed by atoms with Crippen molar-refractivity contribution in [3.8, 4) is 5.69 Å². The monoisotopic (exact) mass is 421 g/mol. The van der Waals surface area contributed by atoms with E-state index in [2.05, 4.69) is 25.1 Å². The minimum atomic E-state index is -0.454. The second-order valence-electron chi connectivity index (χ2n) is 8.39. The predicted octanol–water partition coefficient (Wildman–Crippen LogP) is 2.55. The van der Waals surface area contributed by atoms with Crippen molar-refractivity contribution in [3.05, 3.63) is 59.4 Å². The molecule has 0 aliphatic carbocycles. The summed E-state index contributed by atoms with van der Waals surface area (Å²) in [5, 5.41) is 8.25. The van der Waals surface area contributed by atoms with Gasteiger partial charge in [-0.1, -0.05) is 0 Å². The van der Waals surface area contributed by atoms with E-state index in [1.165, 1.54) is 29.3 Å². The summed E-state index contributed by atoms with van der Waals surface area (Å²) in [6.07, 6.45) is 5.02. The Labute approximate surface area is 179 Å². The lowest BCUT2D eigenvalue weighted by Gasteiger charge is -2.36. The van der Waals surface area contributed by atoms with Crippen molar-refractivity contribution in [2.45, 2.75) is 32.7 Å². The van der Waals surface area contributed by atoms with E-state index in [9.17, 15) is 9.18 Å². The van der Waals surface area contributed by atoms with Gasteiger partial charge in [-0.15, -0.1) is 0 Å². The number of rotatable bonds is 3. The Bertz CT molecular complexity index is 1100. The highest BCUT2D eigenvalue weighted by atomic mass is 19.1. The molecule has 0 spiro atoms. The van der Waals surface area contributed by atoms with Crippen LogP contribution in [0.15, 0.2) is 36.7 Å². The number of nitrogens with zero attached hydrogens (tertiary/aromatic N) is 7. The van der Waals surface area contributed by atoms with Crippen LogP contribution in [0.25, 0.3) is 5.69 Å². The number of benzene rings is 1. The summed E-state index contributed by atoms with van der Waals surface area (Å²) in [4.78, 5) is 28.3. The quantitative estimate of drug-likeness (QED) is 0.647. The molecule has 0 saturated carbocycles. The van der Waals surface area contributed by atoms with Gasteiger partial charge in [0, 0.05) is 37.1 Å². The van der Waals surface area contributed by atoms with Gasteiger partial charge in [0.1, 0.15) is 5.82 Å². The van der Waals surface area contributed by atoms with Gasteiger partial charge in [-0.3, -0.25) is 4.79 Å². The van der Waals surface area contributed by atoms with Gasteiger partial charge in [0.25, 0.3) is 5.91 Å². The smallest absolute Gasteiger partial charge is 0.256 e. The summed E-state index contributed by atoms with van der Waals surface area (Å²) in [5.41, 5.74) is 2.62. The summed E-state index contributed by atoms with van der Waals surface area (Å²) in [5.74, 6) is 0.386. The summed E-state index contributed by atoms with van der Waals surface area (Å²) >= 11 is 0. The maximum absolute atomic E-state index is 14.1. The van der Waals surface area contributed by atoms with E-state index in [1.807, 2.05) is 24.8 Å². The number of aromatic nitrogens is 5. The molecule has 5 heterocycles. The number of carbonyl (C=O) groups is 1. The second kappa shape index (κ2) is 7.72.